The third kappa shape index (κ3) is 2.49. The summed E-state index contributed by atoms with van der Waals surface area (Å²) >= 11 is 0. The van der Waals surface area contributed by atoms with E-state index in [0.717, 1.165) is 38.5 Å². The molecule has 2 rings (SSSR count). The summed E-state index contributed by atoms with van der Waals surface area (Å²) in [6, 6.07) is 0. The van der Waals surface area contributed by atoms with Gasteiger partial charge in [0.1, 0.15) is 5.54 Å². The van der Waals surface area contributed by atoms with E-state index in [1.165, 1.54) is 6.42 Å². The molecule has 1 amide bonds. The fourth-order valence-corrected chi connectivity index (χ4v) is 3.54. The summed E-state index contributed by atoms with van der Waals surface area (Å²) < 4.78 is 0. The lowest BCUT2D eigenvalue weighted by molar-refractivity contribution is -0.166. The van der Waals surface area contributed by atoms with Gasteiger partial charge in [-0.1, -0.05) is 26.2 Å². The first kappa shape index (κ1) is 14.4. The molecule has 1 aliphatic carbocycles. The van der Waals surface area contributed by atoms with Crippen LogP contribution in [0.5, 0.6) is 0 Å². The number of hydrogen-bond donors (Lipinski definition) is 1. The van der Waals surface area contributed by atoms with Gasteiger partial charge in [0.05, 0.1) is 0 Å². The van der Waals surface area contributed by atoms with Crippen LogP contribution < -0.4 is 0 Å². The molecule has 0 aromatic heterocycles. The third-order valence-corrected chi connectivity index (χ3v) is 5.07. The average Bonchev–Trinajstić information content (AvgIpc) is 2.39. The fraction of sp³-hybridized carbons (Fsp3) is 0.867. The highest BCUT2D eigenvalue weighted by atomic mass is 16.4. The molecule has 1 saturated carbocycles. The Bertz CT molecular complexity index is 374. The van der Waals surface area contributed by atoms with Crippen molar-refractivity contribution in [2.75, 3.05) is 6.54 Å². The predicted octanol–water partition coefficient (Wildman–Crippen LogP) is 2.81. The lowest BCUT2D eigenvalue weighted by atomic mass is 9.73. The van der Waals surface area contributed by atoms with Crippen molar-refractivity contribution in [2.45, 2.75) is 70.8 Å². The van der Waals surface area contributed by atoms with Crippen molar-refractivity contribution < 1.29 is 14.7 Å². The molecule has 1 aliphatic heterocycles. The highest BCUT2D eigenvalue weighted by Crippen LogP contribution is 2.40. The summed E-state index contributed by atoms with van der Waals surface area (Å²) in [6.07, 6.45) is 7.55. The molecule has 4 heteroatoms. The molecule has 0 radical (unpaired) electrons. The number of carboxylic acids is 1. The van der Waals surface area contributed by atoms with Gasteiger partial charge in [-0.3, -0.25) is 4.79 Å². The number of likely N-dealkylation sites (tertiary alicyclic amines) is 1. The molecule has 4 nitrogen and oxygen atoms in total. The Kier molecular flexibility index (Phi) is 3.88. The van der Waals surface area contributed by atoms with Crippen molar-refractivity contribution in [3.63, 3.8) is 0 Å². The van der Waals surface area contributed by atoms with E-state index in [0.29, 0.717) is 13.0 Å². The molecule has 0 bridgehead atoms. The van der Waals surface area contributed by atoms with Crippen molar-refractivity contribution >= 4 is 11.9 Å². The minimum absolute atomic E-state index is 0.0665. The van der Waals surface area contributed by atoms with Gasteiger partial charge >= 0.3 is 5.97 Å². The standard InChI is InChI=1S/C15H25NO3/c1-14(8-4-3-5-9-14)12(17)16-11-7-6-10-15(16,2)13(18)19/h3-11H2,1-2H3,(H,18,19). The minimum atomic E-state index is -1.00. The summed E-state index contributed by atoms with van der Waals surface area (Å²) in [6.45, 7) is 4.32. The summed E-state index contributed by atoms with van der Waals surface area (Å²) in [7, 11) is 0. The molecule has 0 aromatic carbocycles. The summed E-state index contributed by atoms with van der Waals surface area (Å²) in [5.74, 6) is -0.795. The summed E-state index contributed by atoms with van der Waals surface area (Å²) in [5.41, 5.74) is -1.35. The zero-order valence-corrected chi connectivity index (χ0v) is 12.1. The first-order valence-electron chi connectivity index (χ1n) is 7.46. The number of nitrogens with zero attached hydrogens (tertiary/aromatic N) is 1. The van der Waals surface area contributed by atoms with Gasteiger partial charge in [-0.05, 0) is 39.0 Å². The molecule has 108 valence electrons. The number of amides is 1. The van der Waals surface area contributed by atoms with E-state index >= 15 is 0 Å². The highest BCUT2D eigenvalue weighted by Gasteiger charge is 2.48. The zero-order valence-electron chi connectivity index (χ0n) is 12.1. The molecular formula is C15H25NO3. The van der Waals surface area contributed by atoms with E-state index in [-0.39, 0.29) is 11.3 Å². The molecule has 1 N–H and O–H groups in total. The number of carbonyl (C=O) groups is 2. The Hall–Kier alpha value is -1.06. The van der Waals surface area contributed by atoms with Crippen LogP contribution in [0.4, 0.5) is 0 Å². The molecule has 1 atom stereocenters. The van der Waals surface area contributed by atoms with Crippen molar-refractivity contribution in [2.24, 2.45) is 5.41 Å². The highest BCUT2D eigenvalue weighted by molar-refractivity contribution is 5.90. The second-order valence-corrected chi connectivity index (χ2v) is 6.61. The van der Waals surface area contributed by atoms with Gasteiger partial charge in [0, 0.05) is 12.0 Å². The van der Waals surface area contributed by atoms with Crippen LogP contribution in [0.25, 0.3) is 0 Å². The molecule has 1 heterocycles. The Morgan fingerprint density at radius 3 is 2.11 bits per heavy atom. The van der Waals surface area contributed by atoms with E-state index in [4.69, 9.17) is 0 Å². The van der Waals surface area contributed by atoms with E-state index in [9.17, 15) is 14.7 Å². The first-order chi connectivity index (χ1) is 8.90. The normalized spacial score (nSPS) is 30.9. The smallest absolute Gasteiger partial charge is 0.329 e. The summed E-state index contributed by atoms with van der Waals surface area (Å²) in [5, 5.41) is 9.51. The Morgan fingerprint density at radius 2 is 1.53 bits per heavy atom. The average molecular weight is 267 g/mol. The Labute approximate surface area is 115 Å². The maximum absolute atomic E-state index is 12.9. The minimum Gasteiger partial charge on any atom is -0.480 e. The molecular weight excluding hydrogens is 242 g/mol. The van der Waals surface area contributed by atoms with Crippen LogP contribution in [0.1, 0.15) is 65.2 Å². The maximum Gasteiger partial charge on any atom is 0.329 e. The Balaban J connectivity index is 2.22. The van der Waals surface area contributed by atoms with Crippen molar-refractivity contribution in [3.8, 4) is 0 Å². The SMILES string of the molecule is CC1(C(=O)N2CCCCC2(C)C(=O)O)CCCCC1. The maximum atomic E-state index is 12.9. The van der Waals surface area contributed by atoms with Crippen molar-refractivity contribution in [1.82, 2.24) is 4.90 Å². The number of hydrogen-bond acceptors (Lipinski definition) is 2. The van der Waals surface area contributed by atoms with Crippen LogP contribution in [0, 0.1) is 5.41 Å². The lowest BCUT2D eigenvalue weighted by Crippen LogP contribution is -2.60. The first-order valence-corrected chi connectivity index (χ1v) is 7.46. The number of aliphatic carboxylic acids is 1. The third-order valence-electron chi connectivity index (χ3n) is 5.07. The van der Waals surface area contributed by atoms with Crippen LogP contribution in [0.2, 0.25) is 0 Å². The van der Waals surface area contributed by atoms with Gasteiger partial charge in [-0.15, -0.1) is 0 Å². The van der Waals surface area contributed by atoms with Crippen molar-refractivity contribution in [3.05, 3.63) is 0 Å². The Morgan fingerprint density at radius 1 is 0.947 bits per heavy atom. The predicted molar refractivity (Wildman–Crippen MR) is 72.8 cm³/mol. The number of carbonyl (C=O) groups excluding carboxylic acids is 1. The fourth-order valence-electron chi connectivity index (χ4n) is 3.54. The molecule has 0 spiro atoms. The van der Waals surface area contributed by atoms with Gasteiger partial charge in [-0.25, -0.2) is 4.79 Å². The van der Waals surface area contributed by atoms with Gasteiger partial charge in [-0.2, -0.15) is 0 Å². The summed E-state index contributed by atoms with van der Waals surface area (Å²) in [4.78, 5) is 26.1. The van der Waals surface area contributed by atoms with Crippen LogP contribution in [-0.4, -0.2) is 34.0 Å². The number of rotatable bonds is 2. The van der Waals surface area contributed by atoms with Crippen molar-refractivity contribution in [1.29, 1.82) is 0 Å². The molecule has 1 unspecified atom stereocenters. The molecule has 2 aliphatic rings. The van der Waals surface area contributed by atoms with Gasteiger partial charge in [0.25, 0.3) is 0 Å². The molecule has 0 aromatic rings. The van der Waals surface area contributed by atoms with Gasteiger partial charge in [0.2, 0.25) is 5.91 Å². The second kappa shape index (κ2) is 5.14. The molecule has 19 heavy (non-hydrogen) atoms. The van der Waals surface area contributed by atoms with E-state index < -0.39 is 11.5 Å². The zero-order chi connectivity index (χ0) is 14.1. The van der Waals surface area contributed by atoms with Gasteiger partial charge in [0.15, 0.2) is 0 Å². The monoisotopic (exact) mass is 267 g/mol. The van der Waals surface area contributed by atoms with Crippen LogP contribution in [-0.2, 0) is 9.59 Å². The van der Waals surface area contributed by atoms with Crippen LogP contribution in [0.15, 0.2) is 0 Å². The lowest BCUT2D eigenvalue weighted by Gasteiger charge is -2.46. The molecule has 1 saturated heterocycles. The second-order valence-electron chi connectivity index (χ2n) is 6.61. The van der Waals surface area contributed by atoms with Crippen LogP contribution in [0.3, 0.4) is 0 Å². The number of carboxylic acid groups (broad SMARTS) is 1. The van der Waals surface area contributed by atoms with Crippen LogP contribution >= 0.6 is 0 Å². The van der Waals surface area contributed by atoms with Gasteiger partial charge < -0.3 is 10.0 Å². The van der Waals surface area contributed by atoms with E-state index in [1.54, 1.807) is 11.8 Å². The quantitative estimate of drug-likeness (QED) is 0.837. The largest absolute Gasteiger partial charge is 0.480 e. The van der Waals surface area contributed by atoms with E-state index in [2.05, 4.69) is 0 Å². The molecule has 2 fully saturated rings. The topological polar surface area (TPSA) is 57.6 Å². The number of piperidine rings is 1. The van der Waals surface area contributed by atoms with E-state index in [1.807, 2.05) is 6.92 Å².